The van der Waals surface area contributed by atoms with Crippen molar-refractivity contribution in [1.82, 2.24) is 9.80 Å². The first-order chi connectivity index (χ1) is 11.3. The number of likely N-dealkylation sites (N-methyl/N-ethyl adjacent to an activating group) is 1. The SMILES string of the molecule is CN(C(=O)CN1C(=O)OC(C)(C)C1=O)[C@@H]1CCCc2ccccc21. The van der Waals surface area contributed by atoms with E-state index in [1.165, 1.54) is 19.4 Å². The number of nitrogens with zero attached hydrogens (tertiary/aromatic N) is 2. The van der Waals surface area contributed by atoms with Gasteiger partial charge in [-0.05, 0) is 44.2 Å². The standard InChI is InChI=1S/C18H22N2O4/c1-18(2)16(22)20(17(23)24-18)11-15(21)19(3)14-10-6-8-12-7-4-5-9-13(12)14/h4-5,7,9,14H,6,8,10-11H2,1-3H3/t14-/m1/s1. The van der Waals surface area contributed by atoms with Gasteiger partial charge in [0, 0.05) is 7.05 Å². The first-order valence-corrected chi connectivity index (χ1v) is 8.19. The lowest BCUT2D eigenvalue weighted by Gasteiger charge is -2.33. The molecule has 0 spiro atoms. The highest BCUT2D eigenvalue weighted by molar-refractivity contribution is 6.04. The molecule has 1 heterocycles. The summed E-state index contributed by atoms with van der Waals surface area (Å²) in [4.78, 5) is 39.2. The number of hydrogen-bond acceptors (Lipinski definition) is 4. The van der Waals surface area contributed by atoms with E-state index in [-0.39, 0.29) is 18.5 Å². The van der Waals surface area contributed by atoms with Crippen LogP contribution < -0.4 is 0 Å². The second-order valence-corrected chi connectivity index (χ2v) is 6.88. The molecule has 6 heteroatoms. The van der Waals surface area contributed by atoms with Crippen LogP contribution in [0.15, 0.2) is 24.3 Å². The van der Waals surface area contributed by atoms with Gasteiger partial charge in [-0.1, -0.05) is 24.3 Å². The second kappa shape index (κ2) is 5.92. The molecule has 24 heavy (non-hydrogen) atoms. The third-order valence-corrected chi connectivity index (χ3v) is 4.82. The van der Waals surface area contributed by atoms with Crippen molar-refractivity contribution in [1.29, 1.82) is 0 Å². The molecule has 0 N–H and O–H groups in total. The van der Waals surface area contributed by atoms with Gasteiger partial charge in [0.2, 0.25) is 5.91 Å². The molecule has 2 aliphatic rings. The summed E-state index contributed by atoms with van der Waals surface area (Å²) in [5, 5.41) is 0. The Bertz CT molecular complexity index is 698. The van der Waals surface area contributed by atoms with Crippen LogP contribution in [0.3, 0.4) is 0 Å². The molecule has 0 saturated carbocycles. The molecule has 1 aliphatic heterocycles. The number of benzene rings is 1. The predicted molar refractivity (Wildman–Crippen MR) is 87.2 cm³/mol. The molecule has 1 aliphatic carbocycles. The van der Waals surface area contributed by atoms with Crippen LogP contribution >= 0.6 is 0 Å². The van der Waals surface area contributed by atoms with Crippen LogP contribution in [-0.2, 0) is 20.7 Å². The summed E-state index contributed by atoms with van der Waals surface area (Å²) in [5.41, 5.74) is 1.20. The normalized spacial score (nSPS) is 22.1. The molecule has 6 nitrogen and oxygen atoms in total. The maximum Gasteiger partial charge on any atom is 0.418 e. The minimum Gasteiger partial charge on any atom is -0.433 e. The largest absolute Gasteiger partial charge is 0.433 e. The minimum absolute atomic E-state index is 0.0239. The third kappa shape index (κ3) is 2.77. The molecule has 0 aromatic heterocycles. The smallest absolute Gasteiger partial charge is 0.418 e. The molecule has 0 unspecified atom stereocenters. The number of ether oxygens (including phenoxy) is 1. The average molecular weight is 330 g/mol. The Morgan fingerprint density at radius 3 is 2.71 bits per heavy atom. The number of imide groups is 1. The quantitative estimate of drug-likeness (QED) is 0.853. The van der Waals surface area contributed by atoms with Gasteiger partial charge >= 0.3 is 6.09 Å². The van der Waals surface area contributed by atoms with Crippen LogP contribution in [0.1, 0.15) is 43.9 Å². The molecule has 1 saturated heterocycles. The highest BCUT2D eigenvalue weighted by atomic mass is 16.6. The van der Waals surface area contributed by atoms with Gasteiger partial charge in [0.1, 0.15) is 6.54 Å². The average Bonchev–Trinajstić information content (AvgIpc) is 2.75. The van der Waals surface area contributed by atoms with E-state index in [1.807, 2.05) is 18.2 Å². The van der Waals surface area contributed by atoms with Crippen molar-refractivity contribution in [2.75, 3.05) is 13.6 Å². The molecule has 1 aromatic rings. The summed E-state index contributed by atoms with van der Waals surface area (Å²) >= 11 is 0. The monoisotopic (exact) mass is 330 g/mol. The molecule has 1 aromatic carbocycles. The number of amides is 3. The van der Waals surface area contributed by atoms with Crippen LogP contribution in [0, 0.1) is 0 Å². The van der Waals surface area contributed by atoms with Gasteiger partial charge < -0.3 is 9.64 Å². The maximum absolute atomic E-state index is 12.6. The van der Waals surface area contributed by atoms with Gasteiger partial charge in [0.15, 0.2) is 5.60 Å². The predicted octanol–water partition coefficient (Wildman–Crippen LogP) is 2.28. The number of aryl methyl sites for hydroxylation is 1. The van der Waals surface area contributed by atoms with Crippen molar-refractivity contribution in [3.8, 4) is 0 Å². The number of carbonyl (C=O) groups excluding carboxylic acids is 3. The van der Waals surface area contributed by atoms with Crippen LogP contribution in [0.4, 0.5) is 4.79 Å². The van der Waals surface area contributed by atoms with Crippen LogP contribution in [-0.4, -0.2) is 46.9 Å². The molecule has 128 valence electrons. The van der Waals surface area contributed by atoms with Crippen molar-refractivity contribution in [2.45, 2.75) is 44.8 Å². The fourth-order valence-electron chi connectivity index (χ4n) is 3.41. The summed E-state index contributed by atoms with van der Waals surface area (Å²) < 4.78 is 5.02. The zero-order valence-corrected chi connectivity index (χ0v) is 14.2. The molecular formula is C18H22N2O4. The van der Waals surface area contributed by atoms with E-state index in [9.17, 15) is 14.4 Å². The molecular weight excluding hydrogens is 308 g/mol. The molecule has 0 bridgehead atoms. The highest BCUT2D eigenvalue weighted by Gasteiger charge is 2.48. The first kappa shape index (κ1) is 16.5. The number of carbonyl (C=O) groups is 3. The minimum atomic E-state index is -1.20. The fourth-order valence-corrected chi connectivity index (χ4v) is 3.41. The first-order valence-electron chi connectivity index (χ1n) is 8.19. The number of cyclic esters (lactones) is 1. The van der Waals surface area contributed by atoms with Crippen LogP contribution in [0.25, 0.3) is 0 Å². The highest BCUT2D eigenvalue weighted by Crippen LogP contribution is 2.33. The van der Waals surface area contributed by atoms with Gasteiger partial charge in [-0.3, -0.25) is 9.59 Å². The van der Waals surface area contributed by atoms with E-state index in [1.54, 1.807) is 11.9 Å². The van der Waals surface area contributed by atoms with E-state index in [0.717, 1.165) is 29.7 Å². The van der Waals surface area contributed by atoms with E-state index in [4.69, 9.17) is 4.74 Å². The van der Waals surface area contributed by atoms with E-state index >= 15 is 0 Å². The number of fused-ring (bicyclic) bond motifs is 1. The molecule has 1 atom stereocenters. The van der Waals surface area contributed by atoms with Crippen molar-refractivity contribution < 1.29 is 19.1 Å². The summed E-state index contributed by atoms with van der Waals surface area (Å²) in [7, 11) is 1.73. The van der Waals surface area contributed by atoms with Crippen molar-refractivity contribution in [2.24, 2.45) is 0 Å². The Morgan fingerprint density at radius 2 is 2.04 bits per heavy atom. The van der Waals surface area contributed by atoms with Crippen LogP contribution in [0.2, 0.25) is 0 Å². The molecule has 1 fully saturated rings. The van der Waals surface area contributed by atoms with Crippen molar-refractivity contribution in [3.63, 3.8) is 0 Å². The Balaban J connectivity index is 1.75. The summed E-state index contributed by atoms with van der Waals surface area (Å²) in [6.07, 6.45) is 2.15. The second-order valence-electron chi connectivity index (χ2n) is 6.88. The van der Waals surface area contributed by atoms with Crippen molar-refractivity contribution >= 4 is 17.9 Å². The van der Waals surface area contributed by atoms with Gasteiger partial charge in [0.05, 0.1) is 6.04 Å². The lowest BCUT2D eigenvalue weighted by atomic mass is 9.87. The topological polar surface area (TPSA) is 66.9 Å². The third-order valence-electron chi connectivity index (χ3n) is 4.82. The van der Waals surface area contributed by atoms with Crippen molar-refractivity contribution in [3.05, 3.63) is 35.4 Å². The number of rotatable bonds is 3. The Morgan fingerprint density at radius 1 is 1.33 bits per heavy atom. The zero-order chi connectivity index (χ0) is 17.5. The Hall–Kier alpha value is -2.37. The van der Waals surface area contributed by atoms with Gasteiger partial charge in [0.25, 0.3) is 5.91 Å². The fraction of sp³-hybridized carbons (Fsp3) is 0.500. The zero-order valence-electron chi connectivity index (χ0n) is 14.2. The molecule has 3 rings (SSSR count). The maximum atomic E-state index is 12.6. The summed E-state index contributed by atoms with van der Waals surface area (Å²) in [5.74, 6) is -0.738. The van der Waals surface area contributed by atoms with Gasteiger partial charge in [-0.25, -0.2) is 9.69 Å². The lowest BCUT2D eigenvalue weighted by Crippen LogP contribution is -2.44. The van der Waals surface area contributed by atoms with E-state index in [0.29, 0.717) is 0 Å². The number of hydrogen-bond donors (Lipinski definition) is 0. The van der Waals surface area contributed by atoms with E-state index in [2.05, 4.69) is 6.07 Å². The Kier molecular flexibility index (Phi) is 4.07. The van der Waals surface area contributed by atoms with E-state index < -0.39 is 17.6 Å². The summed E-state index contributed by atoms with van der Waals surface area (Å²) in [6.45, 7) is 2.77. The molecule has 3 amide bonds. The van der Waals surface area contributed by atoms with Crippen LogP contribution in [0.5, 0.6) is 0 Å². The lowest BCUT2D eigenvalue weighted by molar-refractivity contribution is -0.140. The Labute approximate surface area is 141 Å². The molecule has 0 radical (unpaired) electrons. The summed E-state index contributed by atoms with van der Waals surface area (Å²) in [6, 6.07) is 8.08. The van der Waals surface area contributed by atoms with Gasteiger partial charge in [-0.2, -0.15) is 0 Å². The van der Waals surface area contributed by atoms with Gasteiger partial charge in [-0.15, -0.1) is 0 Å².